The van der Waals surface area contributed by atoms with Gasteiger partial charge < -0.3 is 14.5 Å². The molecule has 156 valence electrons. The van der Waals surface area contributed by atoms with Crippen molar-refractivity contribution in [1.29, 1.82) is 0 Å². The normalized spacial score (nSPS) is 22.2. The summed E-state index contributed by atoms with van der Waals surface area (Å²) in [5.41, 5.74) is 0.859. The molecule has 0 saturated carbocycles. The summed E-state index contributed by atoms with van der Waals surface area (Å²) in [4.78, 5) is 17.4. The minimum Gasteiger partial charge on any atom is -0.495 e. The number of benzene rings is 1. The molecule has 2 fully saturated rings. The van der Waals surface area contributed by atoms with Gasteiger partial charge in [-0.15, -0.1) is 0 Å². The number of carbonyl (C=O) groups excluding carboxylic acids is 1. The number of hydrogen-bond acceptors (Lipinski definition) is 5. The first-order chi connectivity index (χ1) is 13.4. The predicted octanol–water partition coefficient (Wildman–Crippen LogP) is 1.57. The summed E-state index contributed by atoms with van der Waals surface area (Å²) in [5.74, 6) is 0.161. The van der Waals surface area contributed by atoms with E-state index in [9.17, 15) is 13.2 Å². The number of methoxy groups -OCH3 is 1. The van der Waals surface area contributed by atoms with E-state index in [0.29, 0.717) is 18.7 Å². The minimum absolute atomic E-state index is 0.0897. The van der Waals surface area contributed by atoms with E-state index in [2.05, 4.69) is 11.8 Å². The highest BCUT2D eigenvalue weighted by molar-refractivity contribution is 7.89. The van der Waals surface area contributed by atoms with Crippen LogP contribution in [0.4, 0.5) is 0 Å². The van der Waals surface area contributed by atoms with Gasteiger partial charge >= 0.3 is 0 Å². The van der Waals surface area contributed by atoms with Gasteiger partial charge in [-0.3, -0.25) is 4.79 Å². The summed E-state index contributed by atoms with van der Waals surface area (Å²) in [6.45, 7) is 8.88. The number of nitrogens with zero attached hydrogens (tertiary/aromatic N) is 3. The van der Waals surface area contributed by atoms with Crippen LogP contribution in [0.25, 0.3) is 0 Å². The number of piperidine rings is 1. The van der Waals surface area contributed by atoms with Crippen LogP contribution in [0.2, 0.25) is 0 Å². The average molecular weight is 410 g/mol. The fraction of sp³-hybridized carbons (Fsp3) is 0.650. The summed E-state index contributed by atoms with van der Waals surface area (Å²) in [6.07, 6.45) is 1.43. The van der Waals surface area contributed by atoms with Crippen molar-refractivity contribution < 1.29 is 17.9 Å². The van der Waals surface area contributed by atoms with Crippen LogP contribution in [-0.4, -0.2) is 81.4 Å². The molecule has 0 spiro atoms. The standard InChI is InChI=1S/C20H31N3O4S/c1-4-21-10-12-22(13-11-21)20(24)17-6-5-9-23(15-17)28(25,26)19-14-16(2)7-8-18(19)27-3/h7-8,14,17H,4-6,9-13,15H2,1-3H3/t17-/m0/s1. The van der Waals surface area contributed by atoms with Crippen molar-refractivity contribution in [2.24, 2.45) is 5.92 Å². The first-order valence-corrected chi connectivity index (χ1v) is 11.5. The summed E-state index contributed by atoms with van der Waals surface area (Å²) in [7, 11) is -2.23. The molecule has 8 heteroatoms. The summed E-state index contributed by atoms with van der Waals surface area (Å²) in [6, 6.07) is 5.15. The van der Waals surface area contributed by atoms with Crippen LogP contribution in [0, 0.1) is 12.8 Å². The second-order valence-corrected chi connectivity index (χ2v) is 9.52. The highest BCUT2D eigenvalue weighted by Gasteiger charge is 2.36. The van der Waals surface area contributed by atoms with Gasteiger partial charge in [-0.1, -0.05) is 13.0 Å². The van der Waals surface area contributed by atoms with Crippen LogP contribution in [0.3, 0.4) is 0 Å². The number of piperazine rings is 1. The maximum absolute atomic E-state index is 13.3. The van der Waals surface area contributed by atoms with Crippen LogP contribution in [-0.2, 0) is 14.8 Å². The summed E-state index contributed by atoms with van der Waals surface area (Å²) in [5, 5.41) is 0. The molecule has 28 heavy (non-hydrogen) atoms. The van der Waals surface area contributed by atoms with E-state index in [4.69, 9.17) is 4.74 Å². The Morgan fingerprint density at radius 1 is 1.18 bits per heavy atom. The number of likely N-dealkylation sites (N-methyl/N-ethyl adjacent to an activating group) is 1. The number of rotatable bonds is 5. The maximum atomic E-state index is 13.3. The Morgan fingerprint density at radius 2 is 1.89 bits per heavy atom. The Labute approximate surface area is 168 Å². The number of aryl methyl sites for hydroxylation is 1. The van der Waals surface area contributed by atoms with Crippen molar-refractivity contribution in [2.45, 2.75) is 31.6 Å². The third-order valence-electron chi connectivity index (χ3n) is 5.80. The highest BCUT2D eigenvalue weighted by atomic mass is 32.2. The fourth-order valence-corrected chi connectivity index (χ4v) is 5.79. The molecule has 1 atom stereocenters. The third-order valence-corrected chi connectivity index (χ3v) is 7.69. The highest BCUT2D eigenvalue weighted by Crippen LogP contribution is 2.31. The van der Waals surface area contributed by atoms with Gasteiger partial charge in [0.05, 0.1) is 13.0 Å². The molecule has 3 rings (SSSR count). The molecular weight excluding hydrogens is 378 g/mol. The van der Waals surface area contributed by atoms with Gasteiger partial charge in [-0.2, -0.15) is 4.31 Å². The minimum atomic E-state index is -3.71. The number of amides is 1. The van der Waals surface area contributed by atoms with Crippen LogP contribution in [0.15, 0.2) is 23.1 Å². The lowest BCUT2D eigenvalue weighted by molar-refractivity contribution is -0.138. The van der Waals surface area contributed by atoms with Gasteiger partial charge in [0, 0.05) is 39.3 Å². The Morgan fingerprint density at radius 3 is 2.54 bits per heavy atom. The molecule has 7 nitrogen and oxygen atoms in total. The number of hydrogen-bond donors (Lipinski definition) is 0. The van der Waals surface area contributed by atoms with E-state index < -0.39 is 10.0 Å². The molecule has 2 aliphatic heterocycles. The third kappa shape index (κ3) is 4.34. The van der Waals surface area contributed by atoms with E-state index in [1.165, 1.54) is 11.4 Å². The molecule has 1 aromatic carbocycles. The molecular formula is C20H31N3O4S. The Balaban J connectivity index is 1.74. The van der Waals surface area contributed by atoms with Gasteiger partial charge in [0.2, 0.25) is 15.9 Å². The smallest absolute Gasteiger partial charge is 0.246 e. The molecule has 2 aliphatic rings. The number of sulfonamides is 1. The monoisotopic (exact) mass is 409 g/mol. The van der Waals surface area contributed by atoms with Crippen LogP contribution in [0.1, 0.15) is 25.3 Å². The largest absolute Gasteiger partial charge is 0.495 e. The first kappa shape index (κ1) is 21.1. The number of carbonyl (C=O) groups is 1. The summed E-state index contributed by atoms with van der Waals surface area (Å²) >= 11 is 0. The van der Waals surface area contributed by atoms with Crippen molar-refractivity contribution in [2.75, 3.05) is 52.9 Å². The van der Waals surface area contributed by atoms with Crippen LogP contribution < -0.4 is 4.74 Å². The van der Waals surface area contributed by atoms with Gasteiger partial charge in [-0.25, -0.2) is 8.42 Å². The molecule has 0 bridgehead atoms. The van der Waals surface area contributed by atoms with Crippen LogP contribution in [0.5, 0.6) is 5.75 Å². The maximum Gasteiger partial charge on any atom is 0.246 e. The van der Waals surface area contributed by atoms with E-state index in [1.807, 2.05) is 17.9 Å². The van der Waals surface area contributed by atoms with E-state index >= 15 is 0 Å². The topological polar surface area (TPSA) is 70.2 Å². The molecule has 0 unspecified atom stereocenters. The Hall–Kier alpha value is -1.64. The lowest BCUT2D eigenvalue weighted by Gasteiger charge is -2.38. The van der Waals surface area contributed by atoms with Crippen molar-refractivity contribution in [1.82, 2.24) is 14.1 Å². The second kappa shape index (κ2) is 8.80. The summed E-state index contributed by atoms with van der Waals surface area (Å²) < 4.78 is 33.3. The Kier molecular flexibility index (Phi) is 6.62. The van der Waals surface area contributed by atoms with Gasteiger partial charge in [0.25, 0.3) is 0 Å². The molecule has 0 aliphatic carbocycles. The molecule has 0 aromatic heterocycles. The molecule has 1 aromatic rings. The van der Waals surface area contributed by atoms with Crippen molar-refractivity contribution in [3.63, 3.8) is 0 Å². The predicted molar refractivity (Wildman–Crippen MR) is 108 cm³/mol. The second-order valence-electron chi connectivity index (χ2n) is 7.62. The van der Waals surface area contributed by atoms with E-state index in [0.717, 1.165) is 44.7 Å². The van der Waals surface area contributed by atoms with E-state index in [-0.39, 0.29) is 23.3 Å². The molecule has 2 saturated heterocycles. The molecule has 0 N–H and O–H groups in total. The first-order valence-electron chi connectivity index (χ1n) is 10.0. The van der Waals surface area contributed by atoms with Gasteiger partial charge in [0.1, 0.15) is 10.6 Å². The zero-order chi connectivity index (χ0) is 20.3. The molecule has 2 heterocycles. The Bertz CT molecular complexity index is 804. The average Bonchev–Trinajstić information content (AvgIpc) is 2.73. The molecule has 1 amide bonds. The lowest BCUT2D eigenvalue weighted by atomic mass is 9.98. The van der Waals surface area contributed by atoms with Gasteiger partial charge in [0.15, 0.2) is 0 Å². The molecule has 0 radical (unpaired) electrons. The number of ether oxygens (including phenoxy) is 1. The van der Waals surface area contributed by atoms with E-state index in [1.54, 1.807) is 12.1 Å². The lowest BCUT2D eigenvalue weighted by Crippen LogP contribution is -2.52. The van der Waals surface area contributed by atoms with Crippen molar-refractivity contribution in [3.8, 4) is 5.75 Å². The zero-order valence-electron chi connectivity index (χ0n) is 17.1. The van der Waals surface area contributed by atoms with Crippen LogP contribution >= 0.6 is 0 Å². The van der Waals surface area contributed by atoms with Crippen molar-refractivity contribution in [3.05, 3.63) is 23.8 Å². The SMILES string of the molecule is CCN1CCN(C(=O)[C@H]2CCCN(S(=O)(=O)c3cc(C)ccc3OC)C2)CC1. The van der Waals surface area contributed by atoms with Gasteiger partial charge in [-0.05, 0) is 44.0 Å². The fourth-order valence-electron chi connectivity index (χ4n) is 4.03. The van der Waals surface area contributed by atoms with Crippen molar-refractivity contribution >= 4 is 15.9 Å². The zero-order valence-corrected chi connectivity index (χ0v) is 17.9. The quantitative estimate of drug-likeness (QED) is 0.738.